The lowest BCUT2D eigenvalue weighted by Crippen LogP contribution is -2.51. The van der Waals surface area contributed by atoms with Crippen LogP contribution in [-0.2, 0) is 22.6 Å². The van der Waals surface area contributed by atoms with Crippen LogP contribution in [0, 0.1) is 0 Å². The highest BCUT2D eigenvalue weighted by atomic mass is 19.1. The molecular weight excluding hydrogens is 493 g/mol. The van der Waals surface area contributed by atoms with Gasteiger partial charge in [-0.25, -0.2) is 14.4 Å². The van der Waals surface area contributed by atoms with Crippen molar-refractivity contribution in [1.82, 2.24) is 25.1 Å². The highest BCUT2D eigenvalue weighted by Crippen LogP contribution is 2.20. The number of β-amino-alcohol motifs (C(OH)–C–C–N with tert-alkyl or cyclic N) is 1. The normalized spacial score (nSPS) is 20.8. The molecule has 12 heteroatoms. The van der Waals surface area contributed by atoms with Crippen LogP contribution in [0.1, 0.15) is 35.0 Å². The van der Waals surface area contributed by atoms with E-state index in [9.17, 15) is 19.1 Å². The van der Waals surface area contributed by atoms with E-state index in [0.29, 0.717) is 25.3 Å². The minimum atomic E-state index is -1.34. The van der Waals surface area contributed by atoms with Crippen LogP contribution in [0.5, 0.6) is 0 Å². The number of carbonyl (C=O) groups is 2. The van der Waals surface area contributed by atoms with E-state index in [2.05, 4.69) is 47.6 Å². The Morgan fingerprint density at radius 2 is 2.05 bits per heavy atom. The number of piperidine rings is 1. The number of aromatic nitrogens is 2. The number of aliphatic hydroxyl groups excluding tert-OH is 1. The molecule has 0 bridgehead atoms. The van der Waals surface area contributed by atoms with Crippen molar-refractivity contribution in [2.24, 2.45) is 5.16 Å². The minimum absolute atomic E-state index is 0.0780. The highest BCUT2D eigenvalue weighted by molar-refractivity contribution is 6.37. The van der Waals surface area contributed by atoms with Crippen LogP contribution in [-0.4, -0.2) is 101 Å². The fraction of sp³-hybridized carbons (Fsp3) is 0.500. The molecule has 2 aliphatic rings. The molecule has 1 aromatic carbocycles. The molecule has 1 aromatic heterocycles. The van der Waals surface area contributed by atoms with E-state index in [4.69, 9.17) is 0 Å². The van der Waals surface area contributed by atoms with Crippen molar-refractivity contribution in [3.05, 3.63) is 53.5 Å². The molecule has 3 atom stereocenters. The van der Waals surface area contributed by atoms with Crippen molar-refractivity contribution < 1.29 is 23.9 Å². The molecule has 3 unspecified atom stereocenters. The lowest BCUT2D eigenvalue weighted by atomic mass is 10.00. The summed E-state index contributed by atoms with van der Waals surface area (Å²) in [7, 11) is 1.35. The number of oxime groups is 1. The summed E-state index contributed by atoms with van der Waals surface area (Å²) in [4.78, 5) is 41.3. The van der Waals surface area contributed by atoms with Crippen LogP contribution in [0.25, 0.3) is 0 Å². The van der Waals surface area contributed by atoms with Crippen LogP contribution in [0.3, 0.4) is 0 Å². The molecule has 2 amide bonds. The number of carbonyl (C=O) groups excluding carboxylic acids is 2. The largest absolute Gasteiger partial charge is 0.399 e. The van der Waals surface area contributed by atoms with Gasteiger partial charge in [0.15, 0.2) is 0 Å². The summed E-state index contributed by atoms with van der Waals surface area (Å²) >= 11 is 0. The Hall–Kier alpha value is -3.64. The Bertz CT molecular complexity index is 1160. The van der Waals surface area contributed by atoms with Gasteiger partial charge in [0.2, 0.25) is 0 Å². The van der Waals surface area contributed by atoms with Gasteiger partial charge in [0, 0.05) is 38.8 Å². The molecule has 0 aliphatic carbocycles. The summed E-state index contributed by atoms with van der Waals surface area (Å²) < 4.78 is 14.9. The number of hydrogen-bond donors (Lipinski definition) is 3. The van der Waals surface area contributed by atoms with Gasteiger partial charge < -0.3 is 25.5 Å². The maximum Gasteiger partial charge on any atom is 0.271 e. The molecule has 2 aromatic rings. The average molecular weight is 528 g/mol. The SMILES string of the molecule is CON=C(C)C(=O)N1CCC(Nc2cc(C(=O)NCC(O)CN3CCc4ccccc4C3)ncn2)C(F)C1. The van der Waals surface area contributed by atoms with Crippen LogP contribution >= 0.6 is 0 Å². The first-order chi connectivity index (χ1) is 18.3. The first-order valence-corrected chi connectivity index (χ1v) is 12.7. The molecule has 0 spiro atoms. The molecule has 4 rings (SSSR count). The quantitative estimate of drug-likeness (QED) is 0.325. The molecular formula is C26H34FN7O4. The lowest BCUT2D eigenvalue weighted by molar-refractivity contribution is -0.126. The standard InChI is InChI=1S/C26H34FN7O4/c1-17(32-38-2)26(37)34-10-8-22(21(27)15-34)31-24-11-23(29-16-30-24)25(36)28-12-20(35)14-33-9-7-18-5-3-4-6-19(18)13-33/h3-6,11,16,20-22,35H,7-10,12-15H2,1-2H3,(H,28,36)(H,29,30,31). The Morgan fingerprint density at radius 3 is 2.82 bits per heavy atom. The van der Waals surface area contributed by atoms with Crippen molar-refractivity contribution in [3.8, 4) is 0 Å². The zero-order chi connectivity index (χ0) is 27.1. The predicted molar refractivity (Wildman–Crippen MR) is 139 cm³/mol. The molecule has 2 aliphatic heterocycles. The summed E-state index contributed by atoms with van der Waals surface area (Å²) in [6.07, 6.45) is 0.442. The third kappa shape index (κ3) is 7.01. The Balaban J connectivity index is 1.25. The second kappa shape index (κ2) is 12.7. The zero-order valence-electron chi connectivity index (χ0n) is 21.6. The third-order valence-electron chi connectivity index (χ3n) is 6.78. The molecule has 0 radical (unpaired) electrons. The van der Waals surface area contributed by atoms with Crippen LogP contribution < -0.4 is 10.6 Å². The van der Waals surface area contributed by atoms with Crippen molar-refractivity contribution in [1.29, 1.82) is 0 Å². The number of amides is 2. The fourth-order valence-electron chi connectivity index (χ4n) is 4.78. The third-order valence-corrected chi connectivity index (χ3v) is 6.78. The van der Waals surface area contributed by atoms with Gasteiger partial charge in [0.05, 0.1) is 18.7 Å². The van der Waals surface area contributed by atoms with Gasteiger partial charge in [-0.3, -0.25) is 14.5 Å². The number of alkyl halides is 1. The van der Waals surface area contributed by atoms with E-state index < -0.39 is 24.2 Å². The Kier molecular flexibility index (Phi) is 9.19. The summed E-state index contributed by atoms with van der Waals surface area (Å²) in [6, 6.07) is 9.15. The van der Waals surface area contributed by atoms with E-state index in [1.54, 1.807) is 0 Å². The van der Waals surface area contributed by atoms with Crippen molar-refractivity contribution in [2.45, 2.75) is 44.6 Å². The number of nitrogens with one attached hydrogen (secondary N) is 2. The minimum Gasteiger partial charge on any atom is -0.399 e. The van der Waals surface area contributed by atoms with Crippen molar-refractivity contribution >= 4 is 23.3 Å². The van der Waals surface area contributed by atoms with Gasteiger partial charge in [0.1, 0.15) is 36.8 Å². The molecule has 1 fully saturated rings. The van der Waals surface area contributed by atoms with Gasteiger partial charge in [0.25, 0.3) is 11.8 Å². The molecule has 38 heavy (non-hydrogen) atoms. The van der Waals surface area contributed by atoms with Crippen LogP contribution in [0.4, 0.5) is 10.2 Å². The van der Waals surface area contributed by atoms with E-state index >= 15 is 0 Å². The van der Waals surface area contributed by atoms with Crippen molar-refractivity contribution in [2.75, 3.05) is 45.2 Å². The first-order valence-electron chi connectivity index (χ1n) is 12.7. The second-order valence-corrected chi connectivity index (χ2v) is 9.57. The summed E-state index contributed by atoms with van der Waals surface area (Å²) in [5.41, 5.74) is 2.86. The number of aliphatic hydroxyl groups is 1. The number of halogens is 1. The maximum absolute atomic E-state index is 14.9. The topological polar surface area (TPSA) is 132 Å². The highest BCUT2D eigenvalue weighted by Gasteiger charge is 2.32. The smallest absolute Gasteiger partial charge is 0.271 e. The number of benzene rings is 1. The molecule has 11 nitrogen and oxygen atoms in total. The second-order valence-electron chi connectivity index (χ2n) is 9.57. The summed E-state index contributed by atoms with van der Waals surface area (Å²) in [5, 5.41) is 19.8. The predicted octanol–water partition coefficient (Wildman–Crippen LogP) is 0.999. The summed E-state index contributed by atoms with van der Waals surface area (Å²) in [5.74, 6) is -0.521. The number of hydrogen-bond acceptors (Lipinski definition) is 9. The van der Waals surface area contributed by atoms with Crippen LogP contribution in [0.2, 0.25) is 0 Å². The van der Waals surface area contributed by atoms with Gasteiger partial charge in [-0.15, -0.1) is 0 Å². The lowest BCUT2D eigenvalue weighted by Gasteiger charge is -2.35. The monoisotopic (exact) mass is 527 g/mol. The average Bonchev–Trinajstić information content (AvgIpc) is 2.92. The maximum atomic E-state index is 14.9. The van der Waals surface area contributed by atoms with Gasteiger partial charge in [-0.1, -0.05) is 29.4 Å². The Morgan fingerprint density at radius 1 is 1.26 bits per heavy atom. The van der Waals surface area contributed by atoms with Gasteiger partial charge in [-0.2, -0.15) is 0 Å². The van der Waals surface area contributed by atoms with Crippen molar-refractivity contribution in [3.63, 3.8) is 0 Å². The number of nitrogens with zero attached hydrogens (tertiary/aromatic N) is 5. The summed E-state index contributed by atoms with van der Waals surface area (Å²) in [6.45, 7) is 3.91. The van der Waals surface area contributed by atoms with Gasteiger partial charge >= 0.3 is 0 Å². The number of rotatable bonds is 9. The molecule has 3 heterocycles. The fourth-order valence-corrected chi connectivity index (χ4v) is 4.78. The van der Waals surface area contributed by atoms with Gasteiger partial charge in [-0.05, 0) is 30.9 Å². The first kappa shape index (κ1) is 27.4. The molecule has 0 saturated carbocycles. The van der Waals surface area contributed by atoms with Crippen LogP contribution in [0.15, 0.2) is 41.8 Å². The molecule has 3 N–H and O–H groups in total. The Labute approximate surface area is 221 Å². The number of fused-ring (bicyclic) bond motifs is 1. The number of likely N-dealkylation sites (tertiary alicyclic amines) is 1. The molecule has 204 valence electrons. The zero-order valence-corrected chi connectivity index (χ0v) is 21.6. The number of anilines is 1. The van der Waals surface area contributed by atoms with E-state index in [1.807, 2.05) is 12.1 Å². The van der Waals surface area contributed by atoms with E-state index in [-0.39, 0.29) is 30.4 Å². The van der Waals surface area contributed by atoms with E-state index in [0.717, 1.165) is 19.5 Å². The molecule has 1 saturated heterocycles. The van der Waals surface area contributed by atoms with E-state index in [1.165, 1.54) is 42.5 Å².